The highest BCUT2D eigenvalue weighted by Gasteiger charge is 2.30. The molecule has 1 aliphatic rings. The molecule has 2 heterocycles. The van der Waals surface area contributed by atoms with Crippen molar-refractivity contribution in [3.8, 4) is 0 Å². The standard InChI is InChI=1S/C14H14BrClOS/c1-8-5-6-12(17-8)13(16)10-7-18-14-9(10)3-2-4-11(14)15/h2-4,7-8,12-13H,5-6H2,1H3. The van der Waals surface area contributed by atoms with Crippen molar-refractivity contribution >= 4 is 49.0 Å². The van der Waals surface area contributed by atoms with Crippen molar-refractivity contribution in [2.75, 3.05) is 0 Å². The van der Waals surface area contributed by atoms with E-state index in [9.17, 15) is 0 Å². The van der Waals surface area contributed by atoms with E-state index in [1.165, 1.54) is 15.6 Å². The minimum absolute atomic E-state index is 0.0435. The van der Waals surface area contributed by atoms with E-state index in [1.807, 2.05) is 0 Å². The summed E-state index contributed by atoms with van der Waals surface area (Å²) >= 11 is 11.9. The maximum atomic E-state index is 6.62. The highest BCUT2D eigenvalue weighted by molar-refractivity contribution is 9.10. The first kappa shape index (κ1) is 12.9. The van der Waals surface area contributed by atoms with Crippen LogP contribution in [0.3, 0.4) is 0 Å². The van der Waals surface area contributed by atoms with Gasteiger partial charge in [0.1, 0.15) is 0 Å². The van der Waals surface area contributed by atoms with Gasteiger partial charge in [0.2, 0.25) is 0 Å². The van der Waals surface area contributed by atoms with Crippen LogP contribution in [0.2, 0.25) is 0 Å². The molecule has 0 aliphatic carbocycles. The van der Waals surface area contributed by atoms with Crippen LogP contribution in [0.5, 0.6) is 0 Å². The molecule has 0 spiro atoms. The Balaban J connectivity index is 1.97. The molecule has 1 aromatic heterocycles. The number of fused-ring (bicyclic) bond motifs is 1. The summed E-state index contributed by atoms with van der Waals surface area (Å²) in [6.45, 7) is 2.12. The number of halogens is 2. The second kappa shape index (κ2) is 5.12. The van der Waals surface area contributed by atoms with Gasteiger partial charge in [-0.25, -0.2) is 0 Å². The molecule has 96 valence electrons. The van der Waals surface area contributed by atoms with E-state index in [0.717, 1.165) is 17.3 Å². The van der Waals surface area contributed by atoms with Gasteiger partial charge in [-0.2, -0.15) is 0 Å². The summed E-state index contributed by atoms with van der Waals surface area (Å²) in [4.78, 5) is 0. The highest BCUT2D eigenvalue weighted by atomic mass is 79.9. The van der Waals surface area contributed by atoms with E-state index >= 15 is 0 Å². The summed E-state index contributed by atoms with van der Waals surface area (Å²) < 4.78 is 8.29. The van der Waals surface area contributed by atoms with Gasteiger partial charge in [0.25, 0.3) is 0 Å². The Morgan fingerprint density at radius 3 is 3.00 bits per heavy atom. The zero-order valence-corrected chi connectivity index (χ0v) is 13.2. The van der Waals surface area contributed by atoms with Gasteiger partial charge in [-0.15, -0.1) is 22.9 Å². The third kappa shape index (κ3) is 2.22. The molecular weight excluding hydrogens is 332 g/mol. The maximum absolute atomic E-state index is 6.62. The van der Waals surface area contributed by atoms with Crippen LogP contribution in [0.1, 0.15) is 30.7 Å². The van der Waals surface area contributed by atoms with E-state index in [1.54, 1.807) is 11.3 Å². The monoisotopic (exact) mass is 344 g/mol. The molecule has 4 heteroatoms. The van der Waals surface area contributed by atoms with Crippen LogP contribution < -0.4 is 0 Å². The second-order valence-corrected chi connectivity index (χ2v) is 6.98. The molecule has 3 rings (SSSR count). The van der Waals surface area contributed by atoms with E-state index < -0.39 is 0 Å². The first-order chi connectivity index (χ1) is 8.66. The van der Waals surface area contributed by atoms with Crippen molar-refractivity contribution in [2.24, 2.45) is 0 Å². The fourth-order valence-electron chi connectivity index (χ4n) is 2.50. The molecule has 1 aromatic carbocycles. The first-order valence-corrected chi connectivity index (χ1v) is 8.23. The lowest BCUT2D eigenvalue weighted by Crippen LogP contribution is -2.14. The Morgan fingerprint density at radius 2 is 2.28 bits per heavy atom. The molecule has 1 fully saturated rings. The summed E-state index contributed by atoms with van der Waals surface area (Å²) in [6.07, 6.45) is 2.66. The zero-order valence-electron chi connectivity index (χ0n) is 10.0. The SMILES string of the molecule is CC1CCC(C(Cl)c2csc3c(Br)cccc23)O1. The summed E-state index contributed by atoms with van der Waals surface area (Å²) in [7, 11) is 0. The van der Waals surface area contributed by atoms with Gasteiger partial charge < -0.3 is 4.74 Å². The van der Waals surface area contributed by atoms with Gasteiger partial charge in [-0.1, -0.05) is 12.1 Å². The van der Waals surface area contributed by atoms with Gasteiger partial charge in [0.15, 0.2) is 0 Å². The van der Waals surface area contributed by atoms with Crippen molar-refractivity contribution in [3.63, 3.8) is 0 Å². The lowest BCUT2D eigenvalue weighted by atomic mass is 10.0. The van der Waals surface area contributed by atoms with Crippen LogP contribution in [0, 0.1) is 0 Å². The lowest BCUT2D eigenvalue weighted by Gasteiger charge is -2.17. The molecule has 0 bridgehead atoms. The van der Waals surface area contributed by atoms with Crippen LogP contribution in [0.25, 0.3) is 10.1 Å². The third-order valence-electron chi connectivity index (χ3n) is 3.47. The Bertz CT molecular complexity index is 568. The van der Waals surface area contributed by atoms with E-state index in [-0.39, 0.29) is 11.5 Å². The topological polar surface area (TPSA) is 9.23 Å². The van der Waals surface area contributed by atoms with Gasteiger partial charge in [-0.3, -0.25) is 0 Å². The number of ether oxygens (including phenoxy) is 1. The third-order valence-corrected chi connectivity index (χ3v) is 5.96. The molecule has 0 N–H and O–H groups in total. The largest absolute Gasteiger partial charge is 0.373 e. The first-order valence-electron chi connectivity index (χ1n) is 6.12. The van der Waals surface area contributed by atoms with Crippen molar-refractivity contribution < 1.29 is 4.74 Å². The summed E-state index contributed by atoms with van der Waals surface area (Å²) in [5, 5.41) is 3.37. The highest BCUT2D eigenvalue weighted by Crippen LogP contribution is 2.41. The molecule has 0 amide bonds. The number of alkyl halides is 1. The summed E-state index contributed by atoms with van der Waals surface area (Å²) in [6, 6.07) is 6.27. The fourth-order valence-corrected chi connectivity index (χ4v) is 4.60. The van der Waals surface area contributed by atoms with Crippen LogP contribution in [-0.4, -0.2) is 12.2 Å². The minimum Gasteiger partial charge on any atom is -0.373 e. The summed E-state index contributed by atoms with van der Waals surface area (Å²) in [5.41, 5.74) is 1.21. The van der Waals surface area contributed by atoms with Crippen molar-refractivity contribution in [2.45, 2.75) is 37.4 Å². The van der Waals surface area contributed by atoms with Gasteiger partial charge >= 0.3 is 0 Å². The Kier molecular flexibility index (Phi) is 3.68. The summed E-state index contributed by atoms with van der Waals surface area (Å²) in [5.74, 6) is 0. The second-order valence-electron chi connectivity index (χ2n) is 4.77. The predicted molar refractivity (Wildman–Crippen MR) is 81.7 cm³/mol. The lowest BCUT2D eigenvalue weighted by molar-refractivity contribution is 0.0536. The molecule has 1 nitrogen and oxygen atoms in total. The zero-order chi connectivity index (χ0) is 12.7. The molecule has 18 heavy (non-hydrogen) atoms. The number of benzene rings is 1. The number of rotatable bonds is 2. The molecule has 2 aromatic rings. The molecule has 1 aliphatic heterocycles. The van der Waals surface area contributed by atoms with Crippen LogP contribution in [0.4, 0.5) is 0 Å². The van der Waals surface area contributed by atoms with Crippen molar-refractivity contribution in [3.05, 3.63) is 33.6 Å². The normalized spacial score (nSPS) is 25.7. The number of hydrogen-bond acceptors (Lipinski definition) is 2. The molecule has 3 atom stereocenters. The molecule has 0 saturated carbocycles. The number of thiophene rings is 1. The molecular formula is C14H14BrClOS. The van der Waals surface area contributed by atoms with E-state index in [4.69, 9.17) is 16.3 Å². The molecule has 1 saturated heterocycles. The van der Waals surface area contributed by atoms with Gasteiger partial charge in [-0.05, 0) is 58.1 Å². The van der Waals surface area contributed by atoms with E-state index in [0.29, 0.717) is 6.10 Å². The van der Waals surface area contributed by atoms with Crippen LogP contribution in [0.15, 0.2) is 28.1 Å². The Labute approximate surface area is 124 Å². The predicted octanol–water partition coefficient (Wildman–Crippen LogP) is 5.51. The maximum Gasteiger partial charge on any atom is 0.0861 e. The molecule has 0 radical (unpaired) electrons. The minimum atomic E-state index is -0.0435. The quantitative estimate of drug-likeness (QED) is 0.652. The Hall–Kier alpha value is -0.0900. The fraction of sp³-hybridized carbons (Fsp3) is 0.429. The molecule has 3 unspecified atom stereocenters. The average molecular weight is 346 g/mol. The van der Waals surface area contributed by atoms with Gasteiger partial charge in [0.05, 0.1) is 17.6 Å². The van der Waals surface area contributed by atoms with E-state index in [2.05, 4.69) is 46.4 Å². The van der Waals surface area contributed by atoms with Crippen LogP contribution >= 0.6 is 38.9 Å². The van der Waals surface area contributed by atoms with Crippen LogP contribution in [-0.2, 0) is 4.74 Å². The Morgan fingerprint density at radius 1 is 1.44 bits per heavy atom. The number of hydrogen-bond donors (Lipinski definition) is 0. The smallest absolute Gasteiger partial charge is 0.0861 e. The van der Waals surface area contributed by atoms with Gasteiger partial charge in [0, 0.05) is 9.17 Å². The van der Waals surface area contributed by atoms with Crippen molar-refractivity contribution in [1.29, 1.82) is 0 Å². The van der Waals surface area contributed by atoms with Crippen molar-refractivity contribution in [1.82, 2.24) is 0 Å². The average Bonchev–Trinajstić information content (AvgIpc) is 2.95.